The highest BCUT2D eigenvalue weighted by Crippen LogP contribution is 2.46. The molecule has 1 aliphatic heterocycles. The van der Waals surface area contributed by atoms with Crippen LogP contribution < -0.4 is 10.6 Å². The molecule has 0 spiro atoms. The summed E-state index contributed by atoms with van der Waals surface area (Å²) in [5.41, 5.74) is 10.3. The van der Waals surface area contributed by atoms with Crippen LogP contribution >= 0.6 is 0 Å². The Morgan fingerprint density at radius 1 is 1.24 bits per heavy atom. The first-order valence-electron chi connectivity index (χ1n) is 6.42. The smallest absolute Gasteiger partial charge is 0.0642 e. The summed E-state index contributed by atoms with van der Waals surface area (Å²) >= 11 is 0. The van der Waals surface area contributed by atoms with Gasteiger partial charge in [-0.25, -0.2) is 0 Å². The van der Waals surface area contributed by atoms with Gasteiger partial charge in [-0.1, -0.05) is 12.1 Å². The number of aryl methyl sites for hydroxylation is 1. The molecule has 17 heavy (non-hydrogen) atoms. The molecule has 1 aromatic carbocycles. The van der Waals surface area contributed by atoms with Crippen molar-refractivity contribution in [2.75, 3.05) is 31.2 Å². The first-order valence-corrected chi connectivity index (χ1v) is 6.42. The SMILES string of the molecule is Cc1ccc(C2(N)CC2)c(N2CCOCC2)c1. The standard InChI is InChI=1S/C14H20N2O/c1-11-2-3-12(14(15)4-5-14)13(10-11)16-6-8-17-9-7-16/h2-3,10H,4-9,15H2,1H3. The van der Waals surface area contributed by atoms with Gasteiger partial charge in [-0.3, -0.25) is 0 Å². The molecule has 3 nitrogen and oxygen atoms in total. The minimum absolute atomic E-state index is 0.0542. The lowest BCUT2D eigenvalue weighted by molar-refractivity contribution is 0.122. The van der Waals surface area contributed by atoms with Gasteiger partial charge in [0, 0.05) is 24.3 Å². The second kappa shape index (κ2) is 4.00. The van der Waals surface area contributed by atoms with Crippen molar-refractivity contribution >= 4 is 5.69 Å². The molecule has 3 rings (SSSR count). The van der Waals surface area contributed by atoms with E-state index in [-0.39, 0.29) is 5.54 Å². The molecule has 1 aromatic rings. The Morgan fingerprint density at radius 2 is 1.94 bits per heavy atom. The fraction of sp³-hybridized carbons (Fsp3) is 0.571. The fourth-order valence-corrected chi connectivity index (χ4v) is 2.53. The van der Waals surface area contributed by atoms with Crippen molar-refractivity contribution in [3.63, 3.8) is 0 Å². The second-order valence-corrected chi connectivity index (χ2v) is 5.28. The van der Waals surface area contributed by atoms with E-state index in [4.69, 9.17) is 10.5 Å². The van der Waals surface area contributed by atoms with Crippen molar-refractivity contribution in [3.05, 3.63) is 29.3 Å². The zero-order valence-electron chi connectivity index (χ0n) is 10.4. The number of morpholine rings is 1. The number of benzene rings is 1. The van der Waals surface area contributed by atoms with E-state index in [1.54, 1.807) is 0 Å². The highest BCUT2D eigenvalue weighted by Gasteiger charge is 2.42. The van der Waals surface area contributed by atoms with Crippen LogP contribution in [0.1, 0.15) is 24.0 Å². The summed E-state index contributed by atoms with van der Waals surface area (Å²) in [4.78, 5) is 2.42. The van der Waals surface area contributed by atoms with Crippen molar-refractivity contribution in [3.8, 4) is 0 Å². The van der Waals surface area contributed by atoms with Crippen LogP contribution in [-0.2, 0) is 10.3 Å². The maximum absolute atomic E-state index is 6.37. The molecule has 1 saturated heterocycles. The lowest BCUT2D eigenvalue weighted by atomic mass is 10.00. The van der Waals surface area contributed by atoms with Crippen LogP contribution in [0.15, 0.2) is 18.2 Å². The van der Waals surface area contributed by atoms with E-state index in [0.717, 1.165) is 39.1 Å². The Labute approximate surface area is 103 Å². The van der Waals surface area contributed by atoms with E-state index in [9.17, 15) is 0 Å². The molecule has 3 heteroatoms. The van der Waals surface area contributed by atoms with Gasteiger partial charge in [-0.15, -0.1) is 0 Å². The molecule has 2 aliphatic rings. The third-order valence-corrected chi connectivity index (χ3v) is 3.83. The van der Waals surface area contributed by atoms with Gasteiger partial charge in [-0.2, -0.15) is 0 Å². The van der Waals surface area contributed by atoms with Gasteiger partial charge in [0.25, 0.3) is 0 Å². The molecular formula is C14H20N2O. The number of nitrogens with zero attached hydrogens (tertiary/aromatic N) is 1. The lowest BCUT2D eigenvalue weighted by Crippen LogP contribution is -2.38. The zero-order valence-corrected chi connectivity index (χ0v) is 10.4. The van der Waals surface area contributed by atoms with Crippen molar-refractivity contribution in [2.45, 2.75) is 25.3 Å². The average Bonchev–Trinajstić information content (AvgIpc) is 3.09. The number of anilines is 1. The minimum atomic E-state index is -0.0542. The predicted octanol–water partition coefficient (Wildman–Crippen LogP) is 1.78. The molecule has 0 unspecified atom stereocenters. The first kappa shape index (κ1) is 11.1. The molecule has 0 bridgehead atoms. The monoisotopic (exact) mass is 232 g/mol. The highest BCUT2D eigenvalue weighted by atomic mass is 16.5. The molecule has 2 fully saturated rings. The van der Waals surface area contributed by atoms with Gasteiger partial charge in [0.15, 0.2) is 0 Å². The summed E-state index contributed by atoms with van der Waals surface area (Å²) in [6, 6.07) is 6.66. The Kier molecular flexibility index (Phi) is 2.60. The largest absolute Gasteiger partial charge is 0.378 e. The van der Waals surface area contributed by atoms with Gasteiger partial charge in [0.2, 0.25) is 0 Å². The number of ether oxygens (including phenoxy) is 1. The summed E-state index contributed by atoms with van der Waals surface area (Å²) in [6.45, 7) is 5.75. The molecule has 0 radical (unpaired) electrons. The van der Waals surface area contributed by atoms with Crippen molar-refractivity contribution < 1.29 is 4.74 Å². The van der Waals surface area contributed by atoms with Crippen LogP contribution in [0.4, 0.5) is 5.69 Å². The van der Waals surface area contributed by atoms with Gasteiger partial charge in [0.1, 0.15) is 0 Å². The summed E-state index contributed by atoms with van der Waals surface area (Å²) in [5.74, 6) is 0. The summed E-state index contributed by atoms with van der Waals surface area (Å²) in [6.07, 6.45) is 2.24. The van der Waals surface area contributed by atoms with Gasteiger partial charge < -0.3 is 15.4 Å². The molecule has 1 aliphatic carbocycles. The maximum Gasteiger partial charge on any atom is 0.0642 e. The Bertz CT molecular complexity index is 420. The Hall–Kier alpha value is -1.06. The van der Waals surface area contributed by atoms with E-state index < -0.39 is 0 Å². The first-order chi connectivity index (χ1) is 8.19. The number of hydrogen-bond donors (Lipinski definition) is 1. The predicted molar refractivity (Wildman–Crippen MR) is 69.3 cm³/mol. The van der Waals surface area contributed by atoms with Crippen LogP contribution in [0.2, 0.25) is 0 Å². The minimum Gasteiger partial charge on any atom is -0.378 e. The van der Waals surface area contributed by atoms with E-state index in [1.165, 1.54) is 16.8 Å². The van der Waals surface area contributed by atoms with Crippen LogP contribution in [-0.4, -0.2) is 26.3 Å². The van der Waals surface area contributed by atoms with E-state index in [2.05, 4.69) is 30.0 Å². The van der Waals surface area contributed by atoms with E-state index in [1.807, 2.05) is 0 Å². The quantitative estimate of drug-likeness (QED) is 0.844. The van der Waals surface area contributed by atoms with Crippen LogP contribution in [0.25, 0.3) is 0 Å². The second-order valence-electron chi connectivity index (χ2n) is 5.28. The third-order valence-electron chi connectivity index (χ3n) is 3.83. The maximum atomic E-state index is 6.37. The van der Waals surface area contributed by atoms with Crippen LogP contribution in [0, 0.1) is 6.92 Å². The number of rotatable bonds is 2. The number of hydrogen-bond acceptors (Lipinski definition) is 3. The molecule has 2 N–H and O–H groups in total. The number of nitrogens with two attached hydrogens (primary N) is 1. The zero-order chi connectivity index (χ0) is 11.9. The molecule has 92 valence electrons. The summed E-state index contributed by atoms with van der Waals surface area (Å²) < 4.78 is 5.42. The molecule has 0 atom stereocenters. The molecule has 1 heterocycles. The molecular weight excluding hydrogens is 212 g/mol. The average molecular weight is 232 g/mol. The van der Waals surface area contributed by atoms with Crippen molar-refractivity contribution in [2.24, 2.45) is 5.73 Å². The van der Waals surface area contributed by atoms with E-state index in [0.29, 0.717) is 0 Å². The molecule has 0 aromatic heterocycles. The summed E-state index contributed by atoms with van der Waals surface area (Å²) in [7, 11) is 0. The van der Waals surface area contributed by atoms with Crippen LogP contribution in [0.5, 0.6) is 0 Å². The van der Waals surface area contributed by atoms with E-state index >= 15 is 0 Å². The fourth-order valence-electron chi connectivity index (χ4n) is 2.53. The molecule has 1 saturated carbocycles. The normalized spacial score (nSPS) is 22.6. The Balaban J connectivity index is 1.97. The van der Waals surface area contributed by atoms with Crippen molar-refractivity contribution in [1.29, 1.82) is 0 Å². The van der Waals surface area contributed by atoms with Gasteiger partial charge in [-0.05, 0) is 37.0 Å². The topological polar surface area (TPSA) is 38.5 Å². The Morgan fingerprint density at radius 3 is 2.59 bits per heavy atom. The summed E-state index contributed by atoms with van der Waals surface area (Å²) in [5, 5.41) is 0. The van der Waals surface area contributed by atoms with Gasteiger partial charge in [0.05, 0.1) is 13.2 Å². The van der Waals surface area contributed by atoms with Gasteiger partial charge >= 0.3 is 0 Å². The molecule has 0 amide bonds. The highest BCUT2D eigenvalue weighted by molar-refractivity contribution is 5.60. The lowest BCUT2D eigenvalue weighted by Gasteiger charge is -2.32. The van der Waals surface area contributed by atoms with Crippen LogP contribution in [0.3, 0.4) is 0 Å². The third kappa shape index (κ3) is 2.05. The van der Waals surface area contributed by atoms with Crippen molar-refractivity contribution in [1.82, 2.24) is 0 Å².